The fraction of sp³-hybridized carbons (Fsp3) is 0.600. The largest absolute Gasteiger partial charge is 0.248 e. The van der Waals surface area contributed by atoms with Crippen LogP contribution in [-0.2, 0) is 0 Å². The van der Waals surface area contributed by atoms with Crippen molar-refractivity contribution in [2.24, 2.45) is 0 Å². The third kappa shape index (κ3) is 3.11. The number of hydrogen-bond donors (Lipinski definition) is 0. The average Bonchev–Trinajstić information content (AvgIpc) is 1.87. The number of alkyl halides is 3. The van der Waals surface area contributed by atoms with Gasteiger partial charge in [0.25, 0.3) is 0 Å². The van der Waals surface area contributed by atoms with E-state index in [1.54, 1.807) is 0 Å². The number of hydrogen-bond acceptors (Lipinski definition) is 0. The summed E-state index contributed by atoms with van der Waals surface area (Å²) in [4.78, 5) is 0. The molecule has 0 aliphatic carbocycles. The molecule has 0 amide bonds. The predicted octanol–water partition coefficient (Wildman–Crippen LogP) is 2.12. The van der Waals surface area contributed by atoms with Crippen LogP contribution in [0.15, 0.2) is 12.4 Å². The molecule has 0 bridgehead atoms. The van der Waals surface area contributed by atoms with Crippen molar-refractivity contribution in [1.82, 2.24) is 0 Å². The summed E-state index contributed by atoms with van der Waals surface area (Å²) >= 11 is 0. The molecule has 0 rings (SSSR count). The molecule has 4 heteroatoms. The summed E-state index contributed by atoms with van der Waals surface area (Å²) in [5, 5.41) is 0. The first-order valence-electron chi connectivity index (χ1n) is 2.33. The number of allylic oxidation sites excluding steroid dienone is 1. The molecule has 0 fully saturated rings. The first-order chi connectivity index (χ1) is 4.22. The molecule has 0 nitrogen and oxygen atoms in total. The van der Waals surface area contributed by atoms with Crippen molar-refractivity contribution in [3.05, 3.63) is 12.4 Å². The topological polar surface area (TPSA) is 0 Å². The van der Waals surface area contributed by atoms with Crippen LogP contribution >= 0.6 is 0 Å². The lowest BCUT2D eigenvalue weighted by molar-refractivity contribution is 0.167. The van der Waals surface area contributed by atoms with E-state index in [9.17, 15) is 17.6 Å². The van der Waals surface area contributed by atoms with Gasteiger partial charge in [0.05, 0.1) is 6.33 Å². The summed E-state index contributed by atoms with van der Waals surface area (Å²) in [6.07, 6.45) is -4.23. The molecule has 54 valence electrons. The third-order valence-corrected chi connectivity index (χ3v) is 0.750. The number of rotatable bonds is 3. The minimum Gasteiger partial charge on any atom is -0.248 e. The molecule has 0 saturated carbocycles. The van der Waals surface area contributed by atoms with Crippen LogP contribution in [0.4, 0.5) is 17.6 Å². The Hall–Kier alpha value is -0.540. The van der Waals surface area contributed by atoms with Crippen LogP contribution in [0.2, 0.25) is 0 Å². The van der Waals surface area contributed by atoms with Gasteiger partial charge in [-0.15, -0.1) is 0 Å². The van der Waals surface area contributed by atoms with Gasteiger partial charge in [0.1, 0.15) is 6.67 Å². The minimum atomic E-state index is -2.24. The Bertz CT molecular complexity index is 91.0. The quantitative estimate of drug-likeness (QED) is 0.529. The van der Waals surface area contributed by atoms with E-state index in [0.29, 0.717) is 6.08 Å². The van der Waals surface area contributed by atoms with Gasteiger partial charge in [-0.1, -0.05) is 0 Å². The Kier molecular flexibility index (Phi) is 4.09. The van der Waals surface area contributed by atoms with Gasteiger partial charge < -0.3 is 0 Å². The number of halogens is 4. The van der Waals surface area contributed by atoms with Gasteiger partial charge in [-0.2, -0.15) is 0 Å². The molecule has 0 saturated heterocycles. The molecule has 0 aliphatic heterocycles. The highest BCUT2D eigenvalue weighted by atomic mass is 19.2. The monoisotopic (exact) mass is 142 g/mol. The zero-order valence-electron chi connectivity index (χ0n) is 4.53. The summed E-state index contributed by atoms with van der Waals surface area (Å²) in [6.45, 7) is -1.43. The standard InChI is InChI=1S/C5H6F4/c6-2-1-4(8)5(9)3-7/h1-2,4-5H,3H2. The summed E-state index contributed by atoms with van der Waals surface area (Å²) < 4.78 is 45.8. The summed E-state index contributed by atoms with van der Waals surface area (Å²) in [5.41, 5.74) is 0. The highest BCUT2D eigenvalue weighted by Gasteiger charge is 2.16. The Morgan fingerprint density at radius 1 is 1.33 bits per heavy atom. The summed E-state index contributed by atoms with van der Waals surface area (Å²) in [6, 6.07) is 0. The van der Waals surface area contributed by atoms with Gasteiger partial charge in [-0.05, 0) is 6.08 Å². The maximum atomic E-state index is 11.9. The second kappa shape index (κ2) is 4.35. The molecule has 0 spiro atoms. The van der Waals surface area contributed by atoms with E-state index in [2.05, 4.69) is 0 Å². The molecule has 0 heterocycles. The SMILES string of the molecule is FC=CC(F)C(F)CF. The smallest absolute Gasteiger partial charge is 0.163 e. The van der Waals surface area contributed by atoms with E-state index in [0.717, 1.165) is 0 Å². The van der Waals surface area contributed by atoms with Crippen molar-refractivity contribution in [1.29, 1.82) is 0 Å². The average molecular weight is 142 g/mol. The highest BCUT2D eigenvalue weighted by molar-refractivity contribution is 4.87. The normalized spacial score (nSPS) is 18.2. The fourth-order valence-corrected chi connectivity index (χ4v) is 0.275. The predicted molar refractivity (Wildman–Crippen MR) is 26.0 cm³/mol. The first kappa shape index (κ1) is 8.46. The second-order valence-electron chi connectivity index (χ2n) is 1.43. The van der Waals surface area contributed by atoms with Crippen molar-refractivity contribution in [2.75, 3.05) is 6.67 Å². The van der Waals surface area contributed by atoms with Crippen LogP contribution in [0.25, 0.3) is 0 Å². The van der Waals surface area contributed by atoms with Gasteiger partial charge in [-0.25, -0.2) is 17.6 Å². The van der Waals surface area contributed by atoms with E-state index in [1.807, 2.05) is 0 Å². The first-order valence-corrected chi connectivity index (χ1v) is 2.33. The lowest BCUT2D eigenvalue weighted by atomic mass is 10.3. The van der Waals surface area contributed by atoms with Gasteiger partial charge in [-0.3, -0.25) is 0 Å². The molecular formula is C5H6F4. The fourth-order valence-electron chi connectivity index (χ4n) is 0.275. The third-order valence-electron chi connectivity index (χ3n) is 0.750. The van der Waals surface area contributed by atoms with E-state index in [4.69, 9.17) is 0 Å². The minimum absolute atomic E-state index is 0.146. The Balaban J connectivity index is 3.58. The summed E-state index contributed by atoms with van der Waals surface area (Å²) in [5.74, 6) is 0. The van der Waals surface area contributed by atoms with E-state index in [-0.39, 0.29) is 6.33 Å². The van der Waals surface area contributed by atoms with Gasteiger partial charge in [0, 0.05) is 0 Å². The van der Waals surface area contributed by atoms with Gasteiger partial charge >= 0.3 is 0 Å². The van der Waals surface area contributed by atoms with Crippen LogP contribution in [0, 0.1) is 0 Å². The lowest BCUT2D eigenvalue weighted by Crippen LogP contribution is -2.16. The van der Waals surface area contributed by atoms with E-state index < -0.39 is 19.0 Å². The zero-order valence-corrected chi connectivity index (χ0v) is 4.53. The molecular weight excluding hydrogens is 136 g/mol. The van der Waals surface area contributed by atoms with E-state index in [1.165, 1.54) is 0 Å². The van der Waals surface area contributed by atoms with Crippen LogP contribution in [0.1, 0.15) is 0 Å². The maximum absolute atomic E-state index is 11.9. The van der Waals surface area contributed by atoms with Crippen molar-refractivity contribution < 1.29 is 17.6 Å². The van der Waals surface area contributed by atoms with Crippen LogP contribution in [0.3, 0.4) is 0 Å². The van der Waals surface area contributed by atoms with Crippen molar-refractivity contribution >= 4 is 0 Å². The summed E-state index contributed by atoms with van der Waals surface area (Å²) in [7, 11) is 0. The molecule has 2 atom stereocenters. The van der Waals surface area contributed by atoms with Crippen LogP contribution in [-0.4, -0.2) is 19.0 Å². The highest BCUT2D eigenvalue weighted by Crippen LogP contribution is 2.05. The molecule has 0 aromatic carbocycles. The Morgan fingerprint density at radius 3 is 2.22 bits per heavy atom. The van der Waals surface area contributed by atoms with Crippen molar-refractivity contribution in [3.63, 3.8) is 0 Å². The maximum Gasteiger partial charge on any atom is 0.163 e. The Labute approximate surface area is 50.2 Å². The molecule has 0 aromatic heterocycles. The van der Waals surface area contributed by atoms with Crippen LogP contribution in [0.5, 0.6) is 0 Å². The lowest BCUT2D eigenvalue weighted by Gasteiger charge is -2.02. The van der Waals surface area contributed by atoms with Gasteiger partial charge in [0.15, 0.2) is 12.3 Å². The van der Waals surface area contributed by atoms with E-state index >= 15 is 0 Å². The molecule has 0 aliphatic rings. The molecule has 2 unspecified atom stereocenters. The zero-order chi connectivity index (χ0) is 7.28. The Morgan fingerprint density at radius 2 is 1.89 bits per heavy atom. The van der Waals surface area contributed by atoms with Crippen molar-refractivity contribution in [2.45, 2.75) is 12.3 Å². The molecule has 0 radical (unpaired) electrons. The van der Waals surface area contributed by atoms with Gasteiger partial charge in [0.2, 0.25) is 0 Å². The second-order valence-corrected chi connectivity index (χ2v) is 1.43. The molecule has 9 heavy (non-hydrogen) atoms. The van der Waals surface area contributed by atoms with Crippen molar-refractivity contribution in [3.8, 4) is 0 Å². The molecule has 0 aromatic rings. The molecule has 0 N–H and O–H groups in total. The van der Waals surface area contributed by atoms with Crippen LogP contribution < -0.4 is 0 Å².